The minimum absolute atomic E-state index is 0.271. The molecule has 0 saturated carbocycles. The van der Waals surface area contributed by atoms with Gasteiger partial charge >= 0.3 is 0 Å². The Morgan fingerprint density at radius 2 is 2.11 bits per heavy atom. The zero-order valence-electron chi connectivity index (χ0n) is 11.0. The van der Waals surface area contributed by atoms with Gasteiger partial charge in [-0.05, 0) is 31.7 Å². The summed E-state index contributed by atoms with van der Waals surface area (Å²) in [5, 5.41) is 7.84. The van der Waals surface area contributed by atoms with Crippen LogP contribution in [0.5, 0.6) is 0 Å². The van der Waals surface area contributed by atoms with Gasteiger partial charge in [0.05, 0.1) is 11.7 Å². The lowest BCUT2D eigenvalue weighted by Crippen LogP contribution is -2.26. The van der Waals surface area contributed by atoms with Crippen LogP contribution in [0.2, 0.25) is 0 Å². The van der Waals surface area contributed by atoms with Crippen molar-refractivity contribution in [3.05, 3.63) is 48.0 Å². The van der Waals surface area contributed by atoms with E-state index in [-0.39, 0.29) is 6.04 Å². The lowest BCUT2D eigenvalue weighted by atomic mass is 10.1. The Hall–Kier alpha value is -1.68. The molecule has 2 rings (SSSR count). The maximum atomic E-state index is 4.40. The summed E-state index contributed by atoms with van der Waals surface area (Å²) in [6.07, 6.45) is 4.59. The van der Waals surface area contributed by atoms with E-state index in [9.17, 15) is 0 Å². The summed E-state index contributed by atoms with van der Waals surface area (Å²) >= 11 is 0. The predicted octanol–water partition coefficient (Wildman–Crippen LogP) is 2.19. The molecule has 1 N–H and O–H groups in total. The molecule has 4 nitrogen and oxygen atoms in total. The Balaban J connectivity index is 2.18. The van der Waals surface area contributed by atoms with E-state index in [2.05, 4.69) is 41.4 Å². The molecule has 1 unspecified atom stereocenters. The molecule has 0 radical (unpaired) electrons. The van der Waals surface area contributed by atoms with Gasteiger partial charge in [-0.1, -0.05) is 13.0 Å². The molecule has 0 spiro atoms. The fraction of sp³-hybridized carbons (Fsp3) is 0.429. The first-order valence-corrected chi connectivity index (χ1v) is 6.50. The Morgan fingerprint density at radius 3 is 2.78 bits per heavy atom. The molecule has 2 aromatic heterocycles. The van der Waals surface area contributed by atoms with Crippen LogP contribution in [0.3, 0.4) is 0 Å². The first kappa shape index (κ1) is 12.8. The molecule has 2 aromatic rings. The molecule has 0 aromatic carbocycles. The third-order valence-corrected chi connectivity index (χ3v) is 3.00. The number of hydrogen-bond donors (Lipinski definition) is 1. The molecule has 0 amide bonds. The Bertz CT molecular complexity index is 464. The van der Waals surface area contributed by atoms with Gasteiger partial charge < -0.3 is 5.32 Å². The molecule has 2 heterocycles. The Kier molecular flexibility index (Phi) is 4.47. The second-order valence-electron chi connectivity index (χ2n) is 4.21. The second-order valence-corrected chi connectivity index (χ2v) is 4.21. The van der Waals surface area contributed by atoms with E-state index in [1.165, 1.54) is 5.69 Å². The topological polar surface area (TPSA) is 42.7 Å². The minimum atomic E-state index is 0.271. The van der Waals surface area contributed by atoms with Crippen LogP contribution in [0.25, 0.3) is 0 Å². The summed E-state index contributed by atoms with van der Waals surface area (Å²) in [6.45, 7) is 6.07. The summed E-state index contributed by atoms with van der Waals surface area (Å²) < 4.78 is 2.04. The van der Waals surface area contributed by atoms with Crippen LogP contribution in [0, 0.1) is 0 Å². The van der Waals surface area contributed by atoms with Crippen LogP contribution in [0.1, 0.15) is 31.3 Å². The van der Waals surface area contributed by atoms with Crippen LogP contribution in [0.4, 0.5) is 0 Å². The van der Waals surface area contributed by atoms with Gasteiger partial charge in [0.1, 0.15) is 0 Å². The Labute approximate surface area is 108 Å². The van der Waals surface area contributed by atoms with Crippen molar-refractivity contribution in [3.63, 3.8) is 0 Å². The molecule has 0 bridgehead atoms. The van der Waals surface area contributed by atoms with Crippen LogP contribution < -0.4 is 5.32 Å². The highest BCUT2D eigenvalue weighted by atomic mass is 15.3. The third kappa shape index (κ3) is 2.96. The van der Waals surface area contributed by atoms with Crippen molar-refractivity contribution in [1.29, 1.82) is 0 Å². The zero-order valence-corrected chi connectivity index (χ0v) is 11.0. The quantitative estimate of drug-likeness (QED) is 0.847. The highest BCUT2D eigenvalue weighted by Crippen LogP contribution is 2.17. The summed E-state index contributed by atoms with van der Waals surface area (Å²) in [6, 6.07) is 8.40. The van der Waals surface area contributed by atoms with Gasteiger partial charge in [-0.3, -0.25) is 9.67 Å². The molecule has 96 valence electrons. The van der Waals surface area contributed by atoms with E-state index in [0.717, 1.165) is 25.2 Å². The van der Waals surface area contributed by atoms with E-state index in [1.54, 1.807) is 0 Å². The first-order valence-electron chi connectivity index (χ1n) is 6.50. The molecule has 0 aliphatic rings. The average molecular weight is 244 g/mol. The number of likely N-dealkylation sites (N-methyl/N-ethyl adjacent to an activating group) is 1. The van der Waals surface area contributed by atoms with E-state index in [1.807, 2.05) is 29.2 Å². The van der Waals surface area contributed by atoms with Gasteiger partial charge in [0.15, 0.2) is 0 Å². The number of aryl methyl sites for hydroxylation is 1. The normalized spacial score (nSPS) is 12.6. The number of rotatable bonds is 6. The molecule has 0 saturated heterocycles. The van der Waals surface area contributed by atoms with Crippen molar-refractivity contribution in [2.45, 2.75) is 32.9 Å². The van der Waals surface area contributed by atoms with E-state index >= 15 is 0 Å². The third-order valence-electron chi connectivity index (χ3n) is 3.00. The smallest absolute Gasteiger partial charge is 0.0557 e. The largest absolute Gasteiger partial charge is 0.309 e. The number of hydrogen-bond acceptors (Lipinski definition) is 3. The van der Waals surface area contributed by atoms with Gasteiger partial charge in [0.25, 0.3) is 0 Å². The fourth-order valence-electron chi connectivity index (χ4n) is 2.16. The molecule has 0 aliphatic carbocycles. The molecule has 0 aliphatic heterocycles. The van der Waals surface area contributed by atoms with Crippen LogP contribution in [-0.4, -0.2) is 21.3 Å². The molecule has 1 atom stereocenters. The zero-order chi connectivity index (χ0) is 12.8. The number of pyridine rings is 1. The maximum absolute atomic E-state index is 4.40. The monoisotopic (exact) mass is 244 g/mol. The van der Waals surface area contributed by atoms with Crippen molar-refractivity contribution in [3.8, 4) is 0 Å². The lowest BCUT2D eigenvalue weighted by Gasteiger charge is -2.18. The van der Waals surface area contributed by atoms with E-state index in [4.69, 9.17) is 0 Å². The van der Waals surface area contributed by atoms with Crippen LogP contribution in [-0.2, 0) is 13.0 Å². The lowest BCUT2D eigenvalue weighted by molar-refractivity contribution is 0.487. The van der Waals surface area contributed by atoms with Gasteiger partial charge in [-0.25, -0.2) is 0 Å². The standard InChI is InChI=1S/C14H20N4/c1-3-15-13(11-12-7-5-6-9-16-12)14-8-10-17-18(14)4-2/h5-10,13,15H,3-4,11H2,1-2H3. The average Bonchev–Trinajstić information content (AvgIpc) is 2.87. The number of nitrogens with zero attached hydrogens (tertiary/aromatic N) is 3. The molecular formula is C14H20N4. The van der Waals surface area contributed by atoms with Crippen molar-refractivity contribution in [2.24, 2.45) is 0 Å². The van der Waals surface area contributed by atoms with Crippen LogP contribution >= 0.6 is 0 Å². The number of aromatic nitrogens is 3. The number of nitrogens with one attached hydrogen (secondary N) is 1. The van der Waals surface area contributed by atoms with Gasteiger partial charge in [-0.15, -0.1) is 0 Å². The Morgan fingerprint density at radius 1 is 1.22 bits per heavy atom. The summed E-state index contributed by atoms with van der Waals surface area (Å²) in [7, 11) is 0. The molecule has 18 heavy (non-hydrogen) atoms. The van der Waals surface area contributed by atoms with Gasteiger partial charge in [0.2, 0.25) is 0 Å². The van der Waals surface area contributed by atoms with Gasteiger partial charge in [0, 0.05) is 31.1 Å². The van der Waals surface area contributed by atoms with Crippen molar-refractivity contribution < 1.29 is 0 Å². The van der Waals surface area contributed by atoms with Crippen molar-refractivity contribution in [1.82, 2.24) is 20.1 Å². The van der Waals surface area contributed by atoms with E-state index < -0.39 is 0 Å². The highest BCUT2D eigenvalue weighted by Gasteiger charge is 2.15. The van der Waals surface area contributed by atoms with E-state index in [0.29, 0.717) is 0 Å². The minimum Gasteiger partial charge on any atom is -0.309 e. The summed E-state index contributed by atoms with van der Waals surface area (Å²) in [4.78, 5) is 4.40. The highest BCUT2D eigenvalue weighted by molar-refractivity contribution is 5.13. The first-order chi connectivity index (χ1) is 8.85. The molecule has 0 fully saturated rings. The fourth-order valence-corrected chi connectivity index (χ4v) is 2.16. The summed E-state index contributed by atoms with van der Waals surface area (Å²) in [5.41, 5.74) is 2.33. The maximum Gasteiger partial charge on any atom is 0.0557 e. The van der Waals surface area contributed by atoms with Gasteiger partial charge in [-0.2, -0.15) is 5.10 Å². The van der Waals surface area contributed by atoms with Crippen molar-refractivity contribution in [2.75, 3.05) is 6.54 Å². The SMILES string of the molecule is CCNC(Cc1ccccn1)c1ccnn1CC. The van der Waals surface area contributed by atoms with Crippen molar-refractivity contribution >= 4 is 0 Å². The van der Waals surface area contributed by atoms with Crippen LogP contribution in [0.15, 0.2) is 36.7 Å². The second kappa shape index (κ2) is 6.31. The molecule has 4 heteroatoms. The predicted molar refractivity (Wildman–Crippen MR) is 72.3 cm³/mol. The summed E-state index contributed by atoms with van der Waals surface area (Å²) in [5.74, 6) is 0. The molecular weight excluding hydrogens is 224 g/mol.